The molecular formula is C25H23F3N2O2. The van der Waals surface area contributed by atoms with E-state index in [0.717, 1.165) is 17.7 Å². The molecule has 0 atom stereocenters. The predicted octanol–water partition coefficient (Wildman–Crippen LogP) is 6.51. The molecule has 3 aromatic rings. The van der Waals surface area contributed by atoms with Crippen LogP contribution >= 0.6 is 0 Å². The van der Waals surface area contributed by atoms with Crippen molar-refractivity contribution in [3.05, 3.63) is 95.1 Å². The molecule has 166 valence electrons. The third kappa shape index (κ3) is 5.55. The van der Waals surface area contributed by atoms with Gasteiger partial charge in [0.2, 0.25) is 0 Å². The molecule has 0 fully saturated rings. The minimum absolute atomic E-state index is 0.00345. The molecule has 0 aliphatic rings. The summed E-state index contributed by atoms with van der Waals surface area (Å²) in [6.07, 6.45) is -4.52. The van der Waals surface area contributed by atoms with Crippen molar-refractivity contribution in [1.29, 1.82) is 0 Å². The summed E-state index contributed by atoms with van der Waals surface area (Å²) >= 11 is 0. The van der Waals surface area contributed by atoms with Crippen LogP contribution in [0.25, 0.3) is 0 Å². The first-order valence-electron chi connectivity index (χ1n) is 9.95. The van der Waals surface area contributed by atoms with Crippen LogP contribution in [-0.2, 0) is 11.6 Å². The van der Waals surface area contributed by atoms with Crippen molar-refractivity contribution in [3.8, 4) is 0 Å². The topological polar surface area (TPSA) is 58.2 Å². The molecule has 0 heterocycles. The van der Waals surface area contributed by atoms with E-state index in [0.29, 0.717) is 5.56 Å². The van der Waals surface area contributed by atoms with E-state index in [9.17, 15) is 22.8 Å². The Morgan fingerprint density at radius 1 is 0.719 bits per heavy atom. The van der Waals surface area contributed by atoms with Crippen LogP contribution in [0.4, 0.5) is 24.5 Å². The highest BCUT2D eigenvalue weighted by Gasteiger charge is 2.30. The van der Waals surface area contributed by atoms with E-state index in [4.69, 9.17) is 0 Å². The van der Waals surface area contributed by atoms with E-state index in [1.54, 1.807) is 30.3 Å². The average molecular weight is 440 g/mol. The number of carbonyl (C=O) groups excluding carboxylic acids is 2. The van der Waals surface area contributed by atoms with Gasteiger partial charge in [0, 0.05) is 11.3 Å². The van der Waals surface area contributed by atoms with Gasteiger partial charge in [-0.2, -0.15) is 13.2 Å². The number of carbonyl (C=O) groups is 2. The first-order chi connectivity index (χ1) is 14.9. The highest BCUT2D eigenvalue weighted by Crippen LogP contribution is 2.31. The molecule has 0 bridgehead atoms. The maximum atomic E-state index is 12.9. The number of hydrogen-bond acceptors (Lipinski definition) is 2. The van der Waals surface area contributed by atoms with Crippen LogP contribution in [0.3, 0.4) is 0 Å². The van der Waals surface area contributed by atoms with Gasteiger partial charge in [-0.25, -0.2) is 0 Å². The van der Waals surface area contributed by atoms with E-state index in [1.165, 1.54) is 18.2 Å². The lowest BCUT2D eigenvalue weighted by atomic mass is 9.86. The minimum atomic E-state index is -4.52. The molecule has 0 aromatic heterocycles. The largest absolute Gasteiger partial charge is 0.416 e. The van der Waals surface area contributed by atoms with Crippen LogP contribution in [0.2, 0.25) is 0 Å². The second-order valence-corrected chi connectivity index (χ2v) is 8.36. The SMILES string of the molecule is CC(C)(C)c1ccc(C(=O)Nc2ccccc2C(=O)Nc2cccc(C(F)(F)F)c2)cc1. The van der Waals surface area contributed by atoms with Gasteiger partial charge in [0.05, 0.1) is 16.8 Å². The second-order valence-electron chi connectivity index (χ2n) is 8.36. The Morgan fingerprint density at radius 3 is 2.00 bits per heavy atom. The highest BCUT2D eigenvalue weighted by atomic mass is 19.4. The molecule has 3 rings (SSSR count). The number of hydrogen-bond donors (Lipinski definition) is 2. The number of amides is 2. The Balaban J connectivity index is 1.78. The van der Waals surface area contributed by atoms with Gasteiger partial charge in [-0.05, 0) is 53.4 Å². The Labute approximate surface area is 184 Å². The molecule has 0 saturated carbocycles. The van der Waals surface area contributed by atoms with Crippen LogP contribution in [-0.4, -0.2) is 11.8 Å². The number of rotatable bonds is 4. The van der Waals surface area contributed by atoms with Crippen molar-refractivity contribution in [3.63, 3.8) is 0 Å². The first-order valence-corrected chi connectivity index (χ1v) is 9.95. The smallest absolute Gasteiger partial charge is 0.322 e. The lowest BCUT2D eigenvalue weighted by molar-refractivity contribution is -0.137. The summed E-state index contributed by atoms with van der Waals surface area (Å²) < 4.78 is 38.8. The summed E-state index contributed by atoms with van der Waals surface area (Å²) in [4.78, 5) is 25.4. The monoisotopic (exact) mass is 440 g/mol. The summed E-state index contributed by atoms with van der Waals surface area (Å²) in [6, 6.07) is 17.8. The van der Waals surface area contributed by atoms with Gasteiger partial charge >= 0.3 is 6.18 Å². The lowest BCUT2D eigenvalue weighted by Gasteiger charge is -2.19. The molecule has 0 radical (unpaired) electrons. The van der Waals surface area contributed by atoms with Gasteiger partial charge in [-0.1, -0.05) is 51.1 Å². The fourth-order valence-electron chi connectivity index (χ4n) is 3.08. The molecule has 0 spiro atoms. The van der Waals surface area contributed by atoms with Gasteiger partial charge in [-0.15, -0.1) is 0 Å². The number of nitrogens with one attached hydrogen (secondary N) is 2. The van der Waals surface area contributed by atoms with Crippen molar-refractivity contribution in [2.24, 2.45) is 0 Å². The van der Waals surface area contributed by atoms with Crippen LogP contribution in [0, 0.1) is 0 Å². The third-order valence-electron chi connectivity index (χ3n) is 4.88. The van der Waals surface area contributed by atoms with E-state index >= 15 is 0 Å². The fourth-order valence-corrected chi connectivity index (χ4v) is 3.08. The molecular weight excluding hydrogens is 417 g/mol. The Hall–Kier alpha value is -3.61. The van der Waals surface area contributed by atoms with Crippen LogP contribution in [0.1, 0.15) is 52.6 Å². The van der Waals surface area contributed by atoms with E-state index < -0.39 is 23.6 Å². The van der Waals surface area contributed by atoms with Crippen molar-refractivity contribution in [2.45, 2.75) is 32.4 Å². The first kappa shape index (κ1) is 23.1. The number of alkyl halides is 3. The molecule has 3 aromatic carbocycles. The zero-order valence-electron chi connectivity index (χ0n) is 17.9. The van der Waals surface area contributed by atoms with Gasteiger partial charge in [0.15, 0.2) is 0 Å². The van der Waals surface area contributed by atoms with Crippen LogP contribution in [0.15, 0.2) is 72.8 Å². The summed E-state index contributed by atoms with van der Waals surface area (Å²) in [6.45, 7) is 6.21. The minimum Gasteiger partial charge on any atom is -0.322 e. The molecule has 7 heteroatoms. The van der Waals surface area contributed by atoms with Gasteiger partial charge in [-0.3, -0.25) is 9.59 Å². The second kappa shape index (κ2) is 8.86. The molecule has 4 nitrogen and oxygen atoms in total. The molecule has 0 saturated heterocycles. The van der Waals surface area contributed by atoms with Crippen molar-refractivity contribution in [1.82, 2.24) is 0 Å². The maximum absolute atomic E-state index is 12.9. The summed E-state index contributed by atoms with van der Waals surface area (Å²) in [5, 5.41) is 5.17. The molecule has 2 N–H and O–H groups in total. The fraction of sp³-hybridized carbons (Fsp3) is 0.200. The lowest BCUT2D eigenvalue weighted by Crippen LogP contribution is -2.19. The quantitative estimate of drug-likeness (QED) is 0.486. The molecule has 0 aliphatic heterocycles. The van der Waals surface area contributed by atoms with Gasteiger partial charge in [0.1, 0.15) is 0 Å². The van der Waals surface area contributed by atoms with E-state index in [2.05, 4.69) is 31.4 Å². The Bertz CT molecular complexity index is 1130. The van der Waals surface area contributed by atoms with Crippen molar-refractivity contribution in [2.75, 3.05) is 10.6 Å². The Kier molecular flexibility index (Phi) is 6.39. The number of para-hydroxylation sites is 1. The Morgan fingerprint density at radius 2 is 1.38 bits per heavy atom. The molecule has 2 amide bonds. The number of halogens is 3. The number of benzene rings is 3. The summed E-state index contributed by atoms with van der Waals surface area (Å²) in [5.74, 6) is -1.03. The van der Waals surface area contributed by atoms with Crippen molar-refractivity contribution >= 4 is 23.2 Å². The summed E-state index contributed by atoms with van der Waals surface area (Å²) in [7, 11) is 0. The number of anilines is 2. The van der Waals surface area contributed by atoms with Gasteiger partial charge < -0.3 is 10.6 Å². The third-order valence-corrected chi connectivity index (χ3v) is 4.88. The zero-order chi connectivity index (χ0) is 23.5. The van der Waals surface area contributed by atoms with Gasteiger partial charge in [0.25, 0.3) is 11.8 Å². The summed E-state index contributed by atoms with van der Waals surface area (Å²) in [5.41, 5.74) is 0.968. The molecule has 0 unspecified atom stereocenters. The normalized spacial score (nSPS) is 11.7. The van der Waals surface area contributed by atoms with E-state index in [-0.39, 0.29) is 22.4 Å². The van der Waals surface area contributed by atoms with Crippen LogP contribution in [0.5, 0.6) is 0 Å². The van der Waals surface area contributed by atoms with Crippen molar-refractivity contribution < 1.29 is 22.8 Å². The van der Waals surface area contributed by atoms with Crippen LogP contribution < -0.4 is 10.6 Å². The molecule has 0 aliphatic carbocycles. The zero-order valence-corrected chi connectivity index (χ0v) is 17.9. The highest BCUT2D eigenvalue weighted by molar-refractivity contribution is 6.12. The average Bonchev–Trinajstić information content (AvgIpc) is 2.73. The maximum Gasteiger partial charge on any atom is 0.416 e. The molecule has 32 heavy (non-hydrogen) atoms. The van der Waals surface area contributed by atoms with E-state index in [1.807, 2.05) is 12.1 Å². The predicted molar refractivity (Wildman–Crippen MR) is 119 cm³/mol. The standard InChI is InChI=1S/C25H23F3N2O2/c1-24(2,3)17-13-11-16(12-14-17)22(31)30-21-10-5-4-9-20(21)23(32)29-19-8-6-7-18(15-19)25(26,27)28/h4-15H,1-3H3,(H,29,32)(H,30,31).